The summed E-state index contributed by atoms with van der Waals surface area (Å²) in [7, 11) is 0. The molecular weight excluding hydrogens is 234 g/mol. The summed E-state index contributed by atoms with van der Waals surface area (Å²) in [5.41, 5.74) is 6.82. The molecule has 17 heavy (non-hydrogen) atoms. The quantitative estimate of drug-likeness (QED) is 0.737. The molecule has 0 aromatic heterocycles. The zero-order valence-electron chi connectivity index (χ0n) is 10.7. The predicted octanol–water partition coefficient (Wildman–Crippen LogP) is 4.32. The van der Waals surface area contributed by atoms with Gasteiger partial charge in [0.15, 0.2) is 0 Å². The van der Waals surface area contributed by atoms with Crippen LogP contribution < -0.4 is 10.5 Å². The molecule has 0 saturated heterocycles. The van der Waals surface area contributed by atoms with E-state index >= 15 is 0 Å². The van der Waals surface area contributed by atoms with Gasteiger partial charge in [-0.25, -0.2) is 0 Å². The Balaban J connectivity index is 2.43. The highest BCUT2D eigenvalue weighted by Gasteiger charge is 2.05. The average Bonchev–Trinajstić information content (AvgIpc) is 2.30. The lowest BCUT2D eigenvalue weighted by Crippen LogP contribution is -2.05. The SMILES string of the molecule is CCCCCCOc1ccc(C(C)N)cc1Cl. The van der Waals surface area contributed by atoms with E-state index in [4.69, 9.17) is 22.1 Å². The predicted molar refractivity (Wildman–Crippen MR) is 73.7 cm³/mol. The summed E-state index contributed by atoms with van der Waals surface area (Å²) >= 11 is 6.13. The molecule has 0 bridgehead atoms. The van der Waals surface area contributed by atoms with Gasteiger partial charge in [-0.15, -0.1) is 0 Å². The second-order valence-corrected chi connectivity index (χ2v) is 4.79. The first-order valence-corrected chi connectivity index (χ1v) is 6.70. The van der Waals surface area contributed by atoms with Gasteiger partial charge in [-0.3, -0.25) is 0 Å². The summed E-state index contributed by atoms with van der Waals surface area (Å²) in [5, 5.41) is 0.648. The standard InChI is InChI=1S/C14H22ClNO/c1-3-4-5-6-9-17-14-8-7-12(11(2)16)10-13(14)15/h7-8,10-11H,3-6,9,16H2,1-2H3. The van der Waals surface area contributed by atoms with Crippen molar-refractivity contribution in [1.29, 1.82) is 0 Å². The molecule has 96 valence electrons. The van der Waals surface area contributed by atoms with Gasteiger partial charge in [0.05, 0.1) is 11.6 Å². The van der Waals surface area contributed by atoms with Crippen LogP contribution >= 0.6 is 11.6 Å². The minimum atomic E-state index is 0.00565. The van der Waals surface area contributed by atoms with Crippen LogP contribution in [0.5, 0.6) is 5.75 Å². The zero-order valence-corrected chi connectivity index (χ0v) is 11.5. The number of ether oxygens (including phenoxy) is 1. The molecule has 1 atom stereocenters. The van der Waals surface area contributed by atoms with Crippen LogP contribution in [0.15, 0.2) is 18.2 Å². The van der Waals surface area contributed by atoms with Crippen LogP contribution in [0.4, 0.5) is 0 Å². The first-order chi connectivity index (χ1) is 8.15. The van der Waals surface area contributed by atoms with Crippen molar-refractivity contribution in [3.63, 3.8) is 0 Å². The van der Waals surface area contributed by atoms with E-state index in [2.05, 4.69) is 6.92 Å². The molecule has 0 amide bonds. The summed E-state index contributed by atoms with van der Waals surface area (Å²) in [6, 6.07) is 5.76. The second-order valence-electron chi connectivity index (χ2n) is 4.39. The highest BCUT2D eigenvalue weighted by atomic mass is 35.5. The smallest absolute Gasteiger partial charge is 0.137 e. The Morgan fingerprint density at radius 1 is 1.29 bits per heavy atom. The molecule has 0 fully saturated rings. The normalized spacial score (nSPS) is 12.5. The number of hydrogen-bond donors (Lipinski definition) is 1. The van der Waals surface area contributed by atoms with Crippen LogP contribution in [0.2, 0.25) is 5.02 Å². The second kappa shape index (κ2) is 7.57. The molecule has 2 nitrogen and oxygen atoms in total. The molecule has 0 spiro atoms. The van der Waals surface area contributed by atoms with E-state index in [1.165, 1.54) is 19.3 Å². The van der Waals surface area contributed by atoms with E-state index < -0.39 is 0 Å². The van der Waals surface area contributed by atoms with Crippen molar-refractivity contribution in [2.45, 2.75) is 45.6 Å². The minimum Gasteiger partial charge on any atom is -0.492 e. The Hall–Kier alpha value is -0.730. The van der Waals surface area contributed by atoms with E-state index in [1.54, 1.807) is 0 Å². The molecule has 2 N–H and O–H groups in total. The van der Waals surface area contributed by atoms with Crippen molar-refractivity contribution in [2.24, 2.45) is 5.73 Å². The van der Waals surface area contributed by atoms with Gasteiger partial charge in [0.2, 0.25) is 0 Å². The fraction of sp³-hybridized carbons (Fsp3) is 0.571. The highest BCUT2D eigenvalue weighted by Crippen LogP contribution is 2.27. The minimum absolute atomic E-state index is 0.00565. The lowest BCUT2D eigenvalue weighted by molar-refractivity contribution is 0.305. The van der Waals surface area contributed by atoms with Gasteiger partial charge in [0.25, 0.3) is 0 Å². The maximum atomic E-state index is 6.13. The molecular formula is C14H22ClNO. The summed E-state index contributed by atoms with van der Waals surface area (Å²) in [6.07, 6.45) is 4.80. The summed E-state index contributed by atoms with van der Waals surface area (Å²) in [6.45, 7) is 4.87. The van der Waals surface area contributed by atoms with Crippen molar-refractivity contribution in [3.05, 3.63) is 28.8 Å². The van der Waals surface area contributed by atoms with E-state index in [-0.39, 0.29) is 6.04 Å². The van der Waals surface area contributed by atoms with Gasteiger partial charge in [-0.05, 0) is 31.0 Å². The van der Waals surface area contributed by atoms with Crippen molar-refractivity contribution in [1.82, 2.24) is 0 Å². The summed E-state index contributed by atoms with van der Waals surface area (Å²) in [4.78, 5) is 0. The van der Waals surface area contributed by atoms with Crippen molar-refractivity contribution in [3.8, 4) is 5.75 Å². The summed E-state index contributed by atoms with van der Waals surface area (Å²) < 4.78 is 5.65. The van der Waals surface area contributed by atoms with Gasteiger partial charge < -0.3 is 10.5 Å². The topological polar surface area (TPSA) is 35.2 Å². The number of halogens is 1. The van der Waals surface area contributed by atoms with Crippen LogP contribution in [0.1, 0.15) is 51.1 Å². The fourth-order valence-electron chi connectivity index (χ4n) is 1.63. The van der Waals surface area contributed by atoms with Crippen LogP contribution in [-0.2, 0) is 0 Å². The third kappa shape index (κ3) is 4.97. The number of hydrogen-bond acceptors (Lipinski definition) is 2. The molecule has 1 aromatic carbocycles. The Bertz CT molecular complexity index is 339. The number of rotatable bonds is 7. The molecule has 0 saturated carbocycles. The van der Waals surface area contributed by atoms with E-state index in [0.717, 1.165) is 24.3 Å². The Labute approximate surface area is 109 Å². The lowest BCUT2D eigenvalue weighted by Gasteiger charge is -2.11. The van der Waals surface area contributed by atoms with Crippen molar-refractivity contribution in [2.75, 3.05) is 6.61 Å². The molecule has 0 aliphatic heterocycles. The van der Waals surface area contributed by atoms with Gasteiger partial charge in [-0.1, -0.05) is 43.9 Å². The van der Waals surface area contributed by atoms with Crippen LogP contribution in [0.3, 0.4) is 0 Å². The fourth-order valence-corrected chi connectivity index (χ4v) is 1.87. The largest absolute Gasteiger partial charge is 0.492 e. The molecule has 1 unspecified atom stereocenters. The van der Waals surface area contributed by atoms with Crippen LogP contribution in [0, 0.1) is 0 Å². The van der Waals surface area contributed by atoms with Crippen LogP contribution in [0.25, 0.3) is 0 Å². The number of benzene rings is 1. The number of unbranched alkanes of at least 4 members (excludes halogenated alkanes) is 3. The lowest BCUT2D eigenvalue weighted by atomic mass is 10.1. The van der Waals surface area contributed by atoms with Crippen LogP contribution in [-0.4, -0.2) is 6.61 Å². The Kier molecular flexibility index (Phi) is 6.38. The molecule has 1 rings (SSSR count). The molecule has 0 radical (unpaired) electrons. The third-order valence-corrected chi connectivity index (χ3v) is 3.03. The molecule has 0 heterocycles. The zero-order chi connectivity index (χ0) is 12.7. The van der Waals surface area contributed by atoms with Gasteiger partial charge in [-0.2, -0.15) is 0 Å². The van der Waals surface area contributed by atoms with Gasteiger partial charge in [0.1, 0.15) is 5.75 Å². The Morgan fingerprint density at radius 2 is 2.06 bits per heavy atom. The van der Waals surface area contributed by atoms with Gasteiger partial charge >= 0.3 is 0 Å². The van der Waals surface area contributed by atoms with E-state index in [0.29, 0.717) is 5.02 Å². The Morgan fingerprint density at radius 3 is 2.65 bits per heavy atom. The molecule has 0 aliphatic carbocycles. The van der Waals surface area contributed by atoms with E-state index in [1.807, 2.05) is 25.1 Å². The summed E-state index contributed by atoms with van der Waals surface area (Å²) in [5.74, 6) is 0.757. The molecule has 3 heteroatoms. The molecule has 1 aromatic rings. The highest BCUT2D eigenvalue weighted by molar-refractivity contribution is 6.32. The first-order valence-electron chi connectivity index (χ1n) is 6.33. The van der Waals surface area contributed by atoms with E-state index in [9.17, 15) is 0 Å². The maximum absolute atomic E-state index is 6.13. The third-order valence-electron chi connectivity index (χ3n) is 2.74. The average molecular weight is 256 g/mol. The van der Waals surface area contributed by atoms with Crippen molar-refractivity contribution < 1.29 is 4.74 Å². The number of nitrogens with two attached hydrogens (primary N) is 1. The molecule has 0 aliphatic rings. The maximum Gasteiger partial charge on any atom is 0.137 e. The van der Waals surface area contributed by atoms with Gasteiger partial charge in [0, 0.05) is 6.04 Å². The first kappa shape index (κ1) is 14.3. The monoisotopic (exact) mass is 255 g/mol. The van der Waals surface area contributed by atoms with Crippen molar-refractivity contribution >= 4 is 11.6 Å².